The molecule has 0 bridgehead atoms. The maximum atomic E-state index is 13.6. The van der Waals surface area contributed by atoms with E-state index >= 15 is 0 Å². The van der Waals surface area contributed by atoms with Crippen LogP contribution in [0, 0.1) is 17.7 Å². The van der Waals surface area contributed by atoms with Crippen LogP contribution < -0.4 is 10.5 Å². The third-order valence-corrected chi connectivity index (χ3v) is 2.40. The van der Waals surface area contributed by atoms with E-state index in [9.17, 15) is 4.39 Å². The second-order valence-corrected chi connectivity index (χ2v) is 3.95. The van der Waals surface area contributed by atoms with Crippen LogP contribution in [0.3, 0.4) is 0 Å². The SMILES string of the molecule is COCCOCCCOc1ccc(C#CCN)c(F)c1. The van der Waals surface area contributed by atoms with Crippen LogP contribution in [-0.4, -0.2) is 40.1 Å². The molecular weight excluding hydrogens is 261 g/mol. The first-order valence-electron chi connectivity index (χ1n) is 6.46. The van der Waals surface area contributed by atoms with Crippen LogP contribution in [0.25, 0.3) is 0 Å². The fourth-order valence-electron chi connectivity index (χ4n) is 1.43. The molecule has 0 aliphatic rings. The van der Waals surface area contributed by atoms with Gasteiger partial charge in [-0.3, -0.25) is 0 Å². The number of methoxy groups -OCH3 is 1. The summed E-state index contributed by atoms with van der Waals surface area (Å²) in [5.74, 6) is 5.35. The van der Waals surface area contributed by atoms with E-state index in [-0.39, 0.29) is 6.54 Å². The lowest BCUT2D eigenvalue weighted by atomic mass is 10.2. The van der Waals surface area contributed by atoms with Gasteiger partial charge < -0.3 is 19.9 Å². The Bertz CT molecular complexity index is 454. The van der Waals surface area contributed by atoms with Crippen LogP contribution >= 0.6 is 0 Å². The Morgan fingerprint density at radius 3 is 2.75 bits per heavy atom. The first kappa shape index (κ1) is 16.4. The van der Waals surface area contributed by atoms with E-state index in [4.69, 9.17) is 19.9 Å². The molecule has 0 saturated heterocycles. The maximum absolute atomic E-state index is 13.6. The highest BCUT2D eigenvalue weighted by Crippen LogP contribution is 2.16. The molecule has 0 heterocycles. The lowest BCUT2D eigenvalue weighted by molar-refractivity contribution is 0.0644. The van der Waals surface area contributed by atoms with Crippen molar-refractivity contribution in [3.63, 3.8) is 0 Å². The molecule has 110 valence electrons. The van der Waals surface area contributed by atoms with E-state index in [0.29, 0.717) is 37.7 Å². The Morgan fingerprint density at radius 2 is 2.05 bits per heavy atom. The quantitative estimate of drug-likeness (QED) is 0.580. The number of hydrogen-bond acceptors (Lipinski definition) is 4. The number of rotatable bonds is 8. The summed E-state index contributed by atoms with van der Waals surface area (Å²) in [7, 11) is 1.63. The van der Waals surface area contributed by atoms with Crippen molar-refractivity contribution in [2.75, 3.05) is 40.1 Å². The molecule has 1 aromatic carbocycles. The van der Waals surface area contributed by atoms with Crippen LogP contribution in [-0.2, 0) is 9.47 Å². The molecule has 5 heteroatoms. The third-order valence-electron chi connectivity index (χ3n) is 2.40. The van der Waals surface area contributed by atoms with E-state index in [1.807, 2.05) is 0 Å². The van der Waals surface area contributed by atoms with Crippen molar-refractivity contribution in [2.24, 2.45) is 5.73 Å². The molecule has 1 rings (SSSR count). The van der Waals surface area contributed by atoms with Crippen molar-refractivity contribution < 1.29 is 18.6 Å². The second kappa shape index (κ2) is 10.2. The average Bonchev–Trinajstić information content (AvgIpc) is 2.45. The van der Waals surface area contributed by atoms with E-state index < -0.39 is 5.82 Å². The van der Waals surface area contributed by atoms with Gasteiger partial charge in [0.25, 0.3) is 0 Å². The molecule has 0 amide bonds. The predicted octanol–water partition coefficient (Wildman–Crippen LogP) is 1.57. The predicted molar refractivity (Wildman–Crippen MR) is 75.1 cm³/mol. The molecule has 0 fully saturated rings. The summed E-state index contributed by atoms with van der Waals surface area (Å²) in [4.78, 5) is 0. The Balaban J connectivity index is 2.29. The summed E-state index contributed by atoms with van der Waals surface area (Å²) in [6.07, 6.45) is 0.736. The van der Waals surface area contributed by atoms with Crippen molar-refractivity contribution >= 4 is 0 Å². The van der Waals surface area contributed by atoms with Gasteiger partial charge in [-0.1, -0.05) is 11.8 Å². The number of nitrogens with two attached hydrogens (primary N) is 1. The molecule has 0 aromatic heterocycles. The fourth-order valence-corrected chi connectivity index (χ4v) is 1.43. The average molecular weight is 281 g/mol. The smallest absolute Gasteiger partial charge is 0.142 e. The van der Waals surface area contributed by atoms with Gasteiger partial charge in [-0.2, -0.15) is 0 Å². The Hall–Kier alpha value is -1.61. The Labute approximate surface area is 119 Å². The summed E-state index contributed by atoms with van der Waals surface area (Å²) in [6.45, 7) is 2.42. The monoisotopic (exact) mass is 281 g/mol. The van der Waals surface area contributed by atoms with Crippen LogP contribution in [0.4, 0.5) is 4.39 Å². The van der Waals surface area contributed by atoms with Crippen molar-refractivity contribution in [3.8, 4) is 17.6 Å². The van der Waals surface area contributed by atoms with Gasteiger partial charge in [-0.05, 0) is 12.1 Å². The zero-order valence-electron chi connectivity index (χ0n) is 11.7. The molecular formula is C15H20FNO3. The summed E-state index contributed by atoms with van der Waals surface area (Å²) in [5.41, 5.74) is 5.57. The van der Waals surface area contributed by atoms with Gasteiger partial charge in [0.15, 0.2) is 0 Å². The van der Waals surface area contributed by atoms with Gasteiger partial charge in [-0.15, -0.1) is 0 Å². The molecule has 20 heavy (non-hydrogen) atoms. The minimum absolute atomic E-state index is 0.209. The summed E-state index contributed by atoms with van der Waals surface area (Å²) in [5, 5.41) is 0. The molecule has 0 aliphatic carbocycles. The van der Waals surface area contributed by atoms with Crippen LogP contribution in [0.5, 0.6) is 5.75 Å². The molecule has 0 aliphatic heterocycles. The molecule has 0 radical (unpaired) electrons. The first-order chi connectivity index (χ1) is 9.77. The molecule has 0 unspecified atom stereocenters. The van der Waals surface area contributed by atoms with E-state index in [2.05, 4.69) is 11.8 Å². The molecule has 0 atom stereocenters. The van der Waals surface area contributed by atoms with Crippen LogP contribution in [0.2, 0.25) is 0 Å². The number of halogens is 1. The van der Waals surface area contributed by atoms with Gasteiger partial charge in [0.2, 0.25) is 0 Å². The minimum atomic E-state index is -0.403. The van der Waals surface area contributed by atoms with Crippen LogP contribution in [0.1, 0.15) is 12.0 Å². The second-order valence-electron chi connectivity index (χ2n) is 3.95. The number of ether oxygens (including phenoxy) is 3. The van der Waals surface area contributed by atoms with Crippen molar-refractivity contribution in [1.29, 1.82) is 0 Å². The lowest BCUT2D eigenvalue weighted by Crippen LogP contribution is -2.06. The molecule has 0 spiro atoms. The summed E-state index contributed by atoms with van der Waals surface area (Å²) < 4.78 is 29.2. The zero-order chi connectivity index (χ0) is 14.6. The van der Waals surface area contributed by atoms with E-state index in [1.54, 1.807) is 19.2 Å². The maximum Gasteiger partial charge on any atom is 0.142 e. The zero-order valence-corrected chi connectivity index (χ0v) is 11.7. The first-order valence-corrected chi connectivity index (χ1v) is 6.46. The van der Waals surface area contributed by atoms with Gasteiger partial charge in [0.05, 0.1) is 31.9 Å². The van der Waals surface area contributed by atoms with Gasteiger partial charge in [0.1, 0.15) is 11.6 Å². The number of benzene rings is 1. The number of hydrogen-bond donors (Lipinski definition) is 1. The normalized spacial score (nSPS) is 9.95. The summed E-state index contributed by atoms with van der Waals surface area (Å²) in [6, 6.07) is 4.60. The topological polar surface area (TPSA) is 53.7 Å². The highest BCUT2D eigenvalue weighted by Gasteiger charge is 2.02. The fraction of sp³-hybridized carbons (Fsp3) is 0.467. The van der Waals surface area contributed by atoms with Gasteiger partial charge in [-0.25, -0.2) is 4.39 Å². The molecule has 4 nitrogen and oxygen atoms in total. The Kier molecular flexibility index (Phi) is 8.40. The van der Waals surface area contributed by atoms with Crippen molar-refractivity contribution in [3.05, 3.63) is 29.6 Å². The minimum Gasteiger partial charge on any atom is -0.493 e. The Morgan fingerprint density at radius 1 is 1.20 bits per heavy atom. The standard InChI is InChI=1S/C15H20FNO3/c1-18-10-11-19-8-3-9-20-14-6-5-13(4-2-7-17)15(16)12-14/h5-6,12H,3,7-11,17H2,1H3. The van der Waals surface area contributed by atoms with Crippen molar-refractivity contribution in [2.45, 2.75) is 6.42 Å². The van der Waals surface area contributed by atoms with Gasteiger partial charge >= 0.3 is 0 Å². The molecule has 0 saturated carbocycles. The van der Waals surface area contributed by atoms with Crippen LogP contribution in [0.15, 0.2) is 18.2 Å². The summed E-state index contributed by atoms with van der Waals surface area (Å²) >= 11 is 0. The van der Waals surface area contributed by atoms with E-state index in [1.165, 1.54) is 6.07 Å². The van der Waals surface area contributed by atoms with Gasteiger partial charge in [0, 0.05) is 26.2 Å². The molecule has 1 aromatic rings. The molecule has 2 N–H and O–H groups in total. The third kappa shape index (κ3) is 6.53. The van der Waals surface area contributed by atoms with Crippen molar-refractivity contribution in [1.82, 2.24) is 0 Å². The highest BCUT2D eigenvalue weighted by atomic mass is 19.1. The highest BCUT2D eigenvalue weighted by molar-refractivity contribution is 5.39. The largest absolute Gasteiger partial charge is 0.493 e. The van der Waals surface area contributed by atoms with E-state index in [0.717, 1.165) is 6.42 Å². The lowest BCUT2D eigenvalue weighted by Gasteiger charge is -2.07.